The molecular formula is C21H25N5O4S. The second-order valence-electron chi connectivity index (χ2n) is 7.27. The average Bonchev–Trinajstić information content (AvgIpc) is 3.30. The Hall–Kier alpha value is -3.03. The monoisotopic (exact) mass is 443 g/mol. The lowest BCUT2D eigenvalue weighted by atomic mass is 10.0. The van der Waals surface area contributed by atoms with E-state index in [2.05, 4.69) is 10.4 Å². The van der Waals surface area contributed by atoms with Crippen molar-refractivity contribution in [1.29, 1.82) is 5.26 Å². The lowest BCUT2D eigenvalue weighted by Gasteiger charge is -2.16. The molecule has 1 saturated heterocycles. The number of carbonyl (C=O) groups is 1. The molecule has 0 aliphatic carbocycles. The van der Waals surface area contributed by atoms with E-state index in [1.54, 1.807) is 12.1 Å². The molecule has 10 heteroatoms. The number of aryl methyl sites for hydroxylation is 1. The Morgan fingerprint density at radius 1 is 1.23 bits per heavy atom. The van der Waals surface area contributed by atoms with E-state index in [0.29, 0.717) is 42.9 Å². The van der Waals surface area contributed by atoms with E-state index in [9.17, 15) is 23.3 Å². The number of amides is 1. The minimum atomic E-state index is -3.61. The molecule has 1 aromatic carbocycles. The highest BCUT2D eigenvalue weighted by Gasteiger charge is 2.27. The van der Waals surface area contributed by atoms with Crippen LogP contribution in [-0.2, 0) is 34.2 Å². The van der Waals surface area contributed by atoms with Crippen LogP contribution in [0.2, 0.25) is 0 Å². The largest absolute Gasteiger partial charge is 0.324 e. The van der Waals surface area contributed by atoms with E-state index >= 15 is 0 Å². The number of nitrogens with one attached hydrogen (secondary N) is 1. The van der Waals surface area contributed by atoms with Crippen molar-refractivity contribution in [2.75, 3.05) is 18.4 Å². The number of nitriles is 1. The summed E-state index contributed by atoms with van der Waals surface area (Å²) in [5.74, 6) is -0.541. The lowest BCUT2D eigenvalue weighted by molar-refractivity contribution is -0.117. The third-order valence-corrected chi connectivity index (χ3v) is 7.15. The highest BCUT2D eigenvalue weighted by Crippen LogP contribution is 2.23. The van der Waals surface area contributed by atoms with E-state index in [-0.39, 0.29) is 17.0 Å². The first-order valence-corrected chi connectivity index (χ1v) is 11.7. The standard InChI is InChI=1S/C21H25N5O4S/c1-3-17-18(13-22)21(28)26(24-19(17)4-2)14-20(27)23-15-8-7-9-16(12-15)31(29,30)25-10-5-6-11-25/h7-9,12H,3-6,10-11,14H2,1-2H3,(H,23,27). The van der Waals surface area contributed by atoms with Crippen LogP contribution in [0.1, 0.15) is 43.5 Å². The van der Waals surface area contributed by atoms with Gasteiger partial charge in [-0.05, 0) is 49.4 Å². The predicted molar refractivity (Wildman–Crippen MR) is 115 cm³/mol. The summed E-state index contributed by atoms with van der Waals surface area (Å²) in [6.45, 7) is 4.30. The zero-order valence-electron chi connectivity index (χ0n) is 17.6. The van der Waals surface area contributed by atoms with Gasteiger partial charge in [-0.2, -0.15) is 14.7 Å². The Balaban J connectivity index is 1.82. The average molecular weight is 444 g/mol. The number of rotatable bonds is 7. The second-order valence-corrected chi connectivity index (χ2v) is 9.21. The number of benzene rings is 1. The van der Waals surface area contributed by atoms with Gasteiger partial charge in [0.05, 0.1) is 10.6 Å². The summed E-state index contributed by atoms with van der Waals surface area (Å²) in [6, 6.07) is 7.96. The minimum absolute atomic E-state index is 0.000791. The van der Waals surface area contributed by atoms with Crippen molar-refractivity contribution in [2.24, 2.45) is 0 Å². The molecular weight excluding hydrogens is 418 g/mol. The smallest absolute Gasteiger partial charge is 0.285 e. The Bertz CT molecular complexity index is 1190. The molecule has 9 nitrogen and oxygen atoms in total. The van der Waals surface area contributed by atoms with Crippen molar-refractivity contribution < 1.29 is 13.2 Å². The van der Waals surface area contributed by atoms with Gasteiger partial charge in [-0.15, -0.1) is 0 Å². The number of aromatic nitrogens is 2. The van der Waals surface area contributed by atoms with Gasteiger partial charge in [0.15, 0.2) is 0 Å². The number of hydrogen-bond acceptors (Lipinski definition) is 6. The number of nitrogens with zero attached hydrogens (tertiary/aromatic N) is 4. The van der Waals surface area contributed by atoms with E-state index in [1.807, 2.05) is 19.9 Å². The summed E-state index contributed by atoms with van der Waals surface area (Å²) in [6.07, 6.45) is 2.69. The first-order valence-electron chi connectivity index (χ1n) is 10.2. The molecule has 0 unspecified atom stereocenters. The molecule has 0 spiro atoms. The maximum Gasteiger partial charge on any atom is 0.285 e. The van der Waals surface area contributed by atoms with E-state index in [0.717, 1.165) is 17.5 Å². The van der Waals surface area contributed by atoms with E-state index in [1.165, 1.54) is 16.4 Å². The van der Waals surface area contributed by atoms with Crippen LogP contribution in [0.15, 0.2) is 34.0 Å². The maximum atomic E-state index is 12.7. The fourth-order valence-corrected chi connectivity index (χ4v) is 5.25. The molecule has 31 heavy (non-hydrogen) atoms. The van der Waals surface area contributed by atoms with Crippen LogP contribution in [0.4, 0.5) is 5.69 Å². The van der Waals surface area contributed by atoms with Crippen molar-refractivity contribution in [3.8, 4) is 6.07 Å². The Morgan fingerprint density at radius 3 is 2.55 bits per heavy atom. The summed E-state index contributed by atoms with van der Waals surface area (Å²) in [5, 5.41) is 16.3. The van der Waals surface area contributed by atoms with Gasteiger partial charge in [0, 0.05) is 18.8 Å². The van der Waals surface area contributed by atoms with Crippen LogP contribution in [0, 0.1) is 11.3 Å². The molecule has 0 saturated carbocycles. The Kier molecular flexibility index (Phi) is 6.87. The third-order valence-electron chi connectivity index (χ3n) is 5.25. The van der Waals surface area contributed by atoms with Crippen LogP contribution in [0.25, 0.3) is 0 Å². The number of anilines is 1. The number of hydrogen-bond donors (Lipinski definition) is 1. The van der Waals surface area contributed by atoms with E-state index < -0.39 is 21.5 Å². The lowest BCUT2D eigenvalue weighted by Crippen LogP contribution is -2.33. The highest BCUT2D eigenvalue weighted by molar-refractivity contribution is 7.89. The molecule has 0 atom stereocenters. The summed E-state index contributed by atoms with van der Waals surface area (Å²) < 4.78 is 27.9. The van der Waals surface area contributed by atoms with Crippen molar-refractivity contribution in [3.63, 3.8) is 0 Å². The molecule has 1 amide bonds. The van der Waals surface area contributed by atoms with Crippen LogP contribution >= 0.6 is 0 Å². The minimum Gasteiger partial charge on any atom is -0.324 e. The molecule has 0 bridgehead atoms. The molecule has 3 rings (SSSR count). The number of carbonyl (C=O) groups excluding carboxylic acids is 1. The molecule has 2 aromatic rings. The van der Waals surface area contributed by atoms with Crippen LogP contribution in [0.5, 0.6) is 0 Å². The Morgan fingerprint density at radius 2 is 1.94 bits per heavy atom. The molecule has 1 fully saturated rings. The zero-order chi connectivity index (χ0) is 22.6. The summed E-state index contributed by atoms with van der Waals surface area (Å²) in [4.78, 5) is 25.2. The highest BCUT2D eigenvalue weighted by atomic mass is 32.2. The summed E-state index contributed by atoms with van der Waals surface area (Å²) in [5.41, 5.74) is 0.897. The quantitative estimate of drug-likeness (QED) is 0.694. The van der Waals surface area contributed by atoms with Crippen molar-refractivity contribution in [3.05, 3.63) is 51.4 Å². The van der Waals surface area contributed by atoms with Crippen molar-refractivity contribution in [1.82, 2.24) is 14.1 Å². The molecule has 1 N–H and O–H groups in total. The molecule has 1 aliphatic heterocycles. The van der Waals surface area contributed by atoms with Crippen LogP contribution in [0.3, 0.4) is 0 Å². The molecule has 2 heterocycles. The van der Waals surface area contributed by atoms with Crippen molar-refractivity contribution >= 4 is 21.6 Å². The zero-order valence-corrected chi connectivity index (χ0v) is 18.4. The first kappa shape index (κ1) is 22.7. The van der Waals surface area contributed by atoms with Gasteiger partial charge in [0.25, 0.3) is 5.56 Å². The molecule has 1 aromatic heterocycles. The fraction of sp³-hybridized carbons (Fsp3) is 0.429. The molecule has 0 radical (unpaired) electrons. The third kappa shape index (κ3) is 4.68. The normalized spacial score (nSPS) is 14.4. The van der Waals surface area contributed by atoms with Gasteiger partial charge in [-0.3, -0.25) is 9.59 Å². The second kappa shape index (κ2) is 9.41. The topological polar surface area (TPSA) is 125 Å². The van der Waals surface area contributed by atoms with Crippen molar-refractivity contribution in [2.45, 2.75) is 51.0 Å². The van der Waals surface area contributed by atoms with Gasteiger partial charge in [0.2, 0.25) is 15.9 Å². The summed E-state index contributed by atoms with van der Waals surface area (Å²) >= 11 is 0. The van der Waals surface area contributed by atoms with E-state index in [4.69, 9.17) is 0 Å². The van der Waals surface area contributed by atoms with Gasteiger partial charge >= 0.3 is 0 Å². The fourth-order valence-electron chi connectivity index (χ4n) is 3.69. The maximum absolute atomic E-state index is 12.7. The Labute approximate surface area is 181 Å². The van der Waals surface area contributed by atoms with Crippen LogP contribution in [-0.4, -0.2) is 41.5 Å². The van der Waals surface area contributed by atoms with Gasteiger partial charge in [0.1, 0.15) is 18.2 Å². The predicted octanol–water partition coefficient (Wildman–Crippen LogP) is 1.66. The van der Waals surface area contributed by atoms with Gasteiger partial charge in [-0.25, -0.2) is 13.1 Å². The summed E-state index contributed by atoms with van der Waals surface area (Å²) in [7, 11) is -3.61. The van der Waals surface area contributed by atoms with Crippen LogP contribution < -0.4 is 10.9 Å². The SMILES string of the molecule is CCc1nn(CC(=O)Nc2cccc(S(=O)(=O)N3CCCC3)c2)c(=O)c(C#N)c1CC. The first-order chi connectivity index (χ1) is 14.8. The molecule has 164 valence electrons. The van der Waals surface area contributed by atoms with Gasteiger partial charge < -0.3 is 5.32 Å². The molecule has 1 aliphatic rings. The number of sulfonamides is 1. The van der Waals surface area contributed by atoms with Gasteiger partial charge in [-0.1, -0.05) is 19.9 Å².